The molecule has 2 aliphatic rings. The van der Waals surface area contributed by atoms with Crippen molar-refractivity contribution in [2.24, 2.45) is 5.92 Å². The first-order chi connectivity index (χ1) is 13.3. The number of nitrogens with one attached hydrogen (secondary N) is 1. The van der Waals surface area contributed by atoms with Gasteiger partial charge in [0.25, 0.3) is 0 Å². The highest BCUT2D eigenvalue weighted by Gasteiger charge is 2.32. The summed E-state index contributed by atoms with van der Waals surface area (Å²) >= 11 is 0. The van der Waals surface area contributed by atoms with E-state index in [1.165, 1.54) is 5.56 Å². The highest BCUT2D eigenvalue weighted by atomic mass is 16.6. The topological polar surface area (TPSA) is 61.9 Å². The lowest BCUT2D eigenvalue weighted by Crippen LogP contribution is -2.49. The lowest BCUT2D eigenvalue weighted by Gasteiger charge is -2.38. The number of ether oxygens (including phenoxy) is 1. The van der Waals surface area contributed by atoms with E-state index in [-0.39, 0.29) is 18.0 Å². The number of rotatable bonds is 3. The van der Waals surface area contributed by atoms with Gasteiger partial charge in [-0.25, -0.2) is 4.79 Å². The van der Waals surface area contributed by atoms with Gasteiger partial charge >= 0.3 is 6.09 Å². The van der Waals surface area contributed by atoms with E-state index < -0.39 is 5.60 Å². The highest BCUT2D eigenvalue weighted by molar-refractivity contribution is 5.77. The molecule has 0 saturated carbocycles. The Morgan fingerprint density at radius 3 is 2.43 bits per heavy atom. The fraction of sp³-hybridized carbons (Fsp3) is 0.636. The molecular weight excluding hydrogens is 354 g/mol. The minimum Gasteiger partial charge on any atom is -0.444 e. The molecule has 0 aliphatic carbocycles. The van der Waals surface area contributed by atoms with Crippen molar-refractivity contribution in [2.45, 2.75) is 51.7 Å². The van der Waals surface area contributed by atoms with Crippen LogP contribution in [0.1, 0.15) is 51.6 Å². The molecule has 6 heteroatoms. The third kappa shape index (κ3) is 5.47. The standard InChI is InChI=1S/C22H33N3O3/c1-22(2,3)28-21(27)24-12-9-17(10-13-24)15-20(26)25-14-11-23-16-19(25)18-7-5-4-6-8-18/h4-8,17,19,23H,9-16H2,1-3H3/t19-/m1/s1. The summed E-state index contributed by atoms with van der Waals surface area (Å²) in [5.74, 6) is 0.559. The zero-order valence-corrected chi connectivity index (χ0v) is 17.3. The third-order valence-electron chi connectivity index (χ3n) is 5.48. The third-order valence-corrected chi connectivity index (χ3v) is 5.48. The predicted octanol–water partition coefficient (Wildman–Crippen LogP) is 3.20. The van der Waals surface area contributed by atoms with E-state index >= 15 is 0 Å². The Bertz CT molecular complexity index is 663. The van der Waals surface area contributed by atoms with Crippen LogP contribution in [0, 0.1) is 5.92 Å². The van der Waals surface area contributed by atoms with Crippen LogP contribution in [0.15, 0.2) is 30.3 Å². The van der Waals surface area contributed by atoms with E-state index in [0.717, 1.165) is 32.5 Å². The molecule has 6 nitrogen and oxygen atoms in total. The second-order valence-corrected chi connectivity index (χ2v) is 8.83. The smallest absolute Gasteiger partial charge is 0.410 e. The quantitative estimate of drug-likeness (QED) is 0.865. The molecule has 0 unspecified atom stereocenters. The second-order valence-electron chi connectivity index (χ2n) is 8.83. The van der Waals surface area contributed by atoms with Crippen molar-refractivity contribution in [2.75, 3.05) is 32.7 Å². The van der Waals surface area contributed by atoms with E-state index in [4.69, 9.17) is 4.74 Å². The monoisotopic (exact) mass is 387 g/mol. The Balaban J connectivity index is 1.53. The van der Waals surface area contributed by atoms with Crippen LogP contribution in [0.4, 0.5) is 4.79 Å². The average molecular weight is 388 g/mol. The molecule has 1 N–H and O–H groups in total. The zero-order chi connectivity index (χ0) is 20.1. The molecule has 2 heterocycles. The number of piperidine rings is 1. The van der Waals surface area contributed by atoms with E-state index in [2.05, 4.69) is 17.4 Å². The summed E-state index contributed by atoms with van der Waals surface area (Å²) in [7, 11) is 0. The van der Waals surface area contributed by atoms with Crippen LogP contribution in [-0.2, 0) is 9.53 Å². The Labute approximate surface area is 168 Å². The highest BCUT2D eigenvalue weighted by Crippen LogP contribution is 2.27. The number of benzene rings is 1. The maximum Gasteiger partial charge on any atom is 0.410 e. The Morgan fingerprint density at radius 1 is 1.11 bits per heavy atom. The minimum absolute atomic E-state index is 0.101. The maximum atomic E-state index is 13.0. The molecule has 0 spiro atoms. The van der Waals surface area contributed by atoms with Crippen molar-refractivity contribution in [1.29, 1.82) is 0 Å². The molecule has 28 heavy (non-hydrogen) atoms. The molecule has 2 amide bonds. The zero-order valence-electron chi connectivity index (χ0n) is 17.3. The van der Waals surface area contributed by atoms with Crippen LogP contribution >= 0.6 is 0 Å². The number of hydrogen-bond acceptors (Lipinski definition) is 4. The van der Waals surface area contributed by atoms with Gasteiger partial charge in [-0.3, -0.25) is 4.79 Å². The summed E-state index contributed by atoms with van der Waals surface area (Å²) in [4.78, 5) is 29.1. The molecular formula is C22H33N3O3. The van der Waals surface area contributed by atoms with E-state index in [1.54, 1.807) is 4.90 Å². The van der Waals surface area contributed by atoms with Crippen LogP contribution in [0.25, 0.3) is 0 Å². The van der Waals surface area contributed by atoms with Gasteiger partial charge in [-0.15, -0.1) is 0 Å². The SMILES string of the molecule is CC(C)(C)OC(=O)N1CCC(CC(=O)N2CCNC[C@@H]2c2ccccc2)CC1. The van der Waals surface area contributed by atoms with Crippen LogP contribution < -0.4 is 5.32 Å². The van der Waals surface area contributed by atoms with Gasteiger partial charge in [-0.2, -0.15) is 0 Å². The summed E-state index contributed by atoms with van der Waals surface area (Å²) in [6.45, 7) is 9.36. The number of likely N-dealkylation sites (tertiary alicyclic amines) is 1. The normalized spacial score (nSPS) is 21.5. The van der Waals surface area contributed by atoms with Crippen molar-refractivity contribution < 1.29 is 14.3 Å². The van der Waals surface area contributed by atoms with Crippen LogP contribution in [-0.4, -0.2) is 60.1 Å². The number of carbonyl (C=O) groups excluding carboxylic acids is 2. The fourth-order valence-electron chi connectivity index (χ4n) is 3.99. The van der Waals surface area contributed by atoms with E-state index in [1.807, 2.05) is 43.9 Å². The molecule has 2 fully saturated rings. The maximum absolute atomic E-state index is 13.0. The van der Waals surface area contributed by atoms with Crippen molar-refractivity contribution in [3.05, 3.63) is 35.9 Å². The lowest BCUT2D eigenvalue weighted by atomic mass is 9.92. The van der Waals surface area contributed by atoms with Gasteiger partial charge in [0, 0.05) is 39.1 Å². The molecule has 0 bridgehead atoms. The number of hydrogen-bond donors (Lipinski definition) is 1. The summed E-state index contributed by atoms with van der Waals surface area (Å²) < 4.78 is 5.46. The number of nitrogens with zero attached hydrogens (tertiary/aromatic N) is 2. The molecule has 3 rings (SSSR count). The van der Waals surface area contributed by atoms with Crippen LogP contribution in [0.2, 0.25) is 0 Å². The van der Waals surface area contributed by atoms with Crippen molar-refractivity contribution >= 4 is 12.0 Å². The second kappa shape index (κ2) is 8.95. The Morgan fingerprint density at radius 2 is 1.79 bits per heavy atom. The molecule has 2 aliphatic heterocycles. The first-order valence-corrected chi connectivity index (χ1v) is 10.4. The Kier molecular flexibility index (Phi) is 6.60. The van der Waals surface area contributed by atoms with Gasteiger partial charge in [0.2, 0.25) is 5.91 Å². The molecule has 1 atom stereocenters. The first kappa shape index (κ1) is 20.6. The predicted molar refractivity (Wildman–Crippen MR) is 109 cm³/mol. The molecule has 154 valence electrons. The number of carbonyl (C=O) groups is 2. The van der Waals surface area contributed by atoms with Gasteiger partial charge < -0.3 is 19.9 Å². The largest absolute Gasteiger partial charge is 0.444 e. The van der Waals surface area contributed by atoms with Gasteiger partial charge in [0.15, 0.2) is 0 Å². The number of piperazine rings is 1. The van der Waals surface area contributed by atoms with E-state index in [0.29, 0.717) is 25.4 Å². The molecule has 0 aromatic heterocycles. The van der Waals surface area contributed by atoms with E-state index in [9.17, 15) is 9.59 Å². The average Bonchev–Trinajstić information content (AvgIpc) is 2.68. The Hall–Kier alpha value is -2.08. The minimum atomic E-state index is -0.474. The van der Waals surface area contributed by atoms with Gasteiger partial charge in [-0.1, -0.05) is 30.3 Å². The van der Waals surface area contributed by atoms with Gasteiger partial charge in [0.05, 0.1) is 6.04 Å². The first-order valence-electron chi connectivity index (χ1n) is 10.4. The summed E-state index contributed by atoms with van der Waals surface area (Å²) in [5, 5.41) is 3.41. The fourth-order valence-corrected chi connectivity index (χ4v) is 3.99. The summed E-state index contributed by atoms with van der Waals surface area (Å²) in [5.41, 5.74) is 0.710. The molecule has 2 saturated heterocycles. The summed E-state index contributed by atoms with van der Waals surface area (Å²) in [6.07, 6.45) is 2.02. The van der Waals surface area contributed by atoms with Crippen molar-refractivity contribution in [3.8, 4) is 0 Å². The molecule has 1 aromatic rings. The summed E-state index contributed by atoms with van der Waals surface area (Å²) in [6, 6.07) is 10.3. The van der Waals surface area contributed by atoms with Crippen molar-refractivity contribution in [1.82, 2.24) is 15.1 Å². The van der Waals surface area contributed by atoms with Gasteiger partial charge in [0.1, 0.15) is 5.60 Å². The van der Waals surface area contributed by atoms with Crippen LogP contribution in [0.3, 0.4) is 0 Å². The van der Waals surface area contributed by atoms with Crippen molar-refractivity contribution in [3.63, 3.8) is 0 Å². The molecule has 1 aromatic carbocycles. The molecule has 0 radical (unpaired) electrons. The van der Waals surface area contributed by atoms with Crippen LogP contribution in [0.5, 0.6) is 0 Å². The lowest BCUT2D eigenvalue weighted by molar-refractivity contribution is -0.135. The number of amides is 2. The van der Waals surface area contributed by atoms with Gasteiger partial charge in [-0.05, 0) is 45.1 Å².